The number of phosphoric acid groups is 1. The third-order valence-corrected chi connectivity index (χ3v) is 3.07. The van der Waals surface area contributed by atoms with Crippen LogP contribution in [-0.4, -0.2) is 42.6 Å². The van der Waals surface area contributed by atoms with Crippen molar-refractivity contribution < 1.29 is 19.2 Å². The summed E-state index contributed by atoms with van der Waals surface area (Å²) >= 11 is 1.15. The molecule has 0 aromatic heterocycles. The van der Waals surface area contributed by atoms with Crippen molar-refractivity contribution >= 4 is 38.6 Å². The Morgan fingerprint density at radius 2 is 1.59 bits per heavy atom. The molecule has 0 aliphatic rings. The van der Waals surface area contributed by atoms with Crippen LogP contribution in [0.2, 0.25) is 0 Å². The molecule has 1 aromatic carbocycles. The van der Waals surface area contributed by atoms with E-state index < -0.39 is 7.82 Å². The Labute approximate surface area is 120 Å². The van der Waals surface area contributed by atoms with Crippen molar-refractivity contribution in [1.82, 2.24) is 0 Å². The minimum Gasteiger partial charge on any atom is -0.303 e. The third-order valence-electron chi connectivity index (χ3n) is 2.20. The van der Waals surface area contributed by atoms with Gasteiger partial charge >= 0.3 is 101 Å². The Kier molecular flexibility index (Phi) is 6.61. The van der Waals surface area contributed by atoms with Crippen LogP contribution < -0.4 is 2.81 Å². The van der Waals surface area contributed by atoms with E-state index in [1.807, 2.05) is 0 Å². The summed E-state index contributed by atoms with van der Waals surface area (Å²) in [6.45, 7) is 9.01. The molecule has 1 aromatic rings. The molecule has 92 valence electrons. The van der Waals surface area contributed by atoms with E-state index in [0.29, 0.717) is 5.41 Å². The molecular formula is C11H18NaO4P. The van der Waals surface area contributed by atoms with Crippen molar-refractivity contribution in [3.05, 3.63) is 29.3 Å². The van der Waals surface area contributed by atoms with Gasteiger partial charge in [-0.05, 0) is 0 Å². The van der Waals surface area contributed by atoms with Crippen LogP contribution in [0.4, 0.5) is 0 Å². The van der Waals surface area contributed by atoms with Gasteiger partial charge in [0.05, 0.1) is 0 Å². The summed E-state index contributed by atoms with van der Waals surface area (Å²) in [7, 11) is -4.64. The van der Waals surface area contributed by atoms with E-state index in [4.69, 9.17) is 19.2 Å². The van der Waals surface area contributed by atoms with Gasteiger partial charge in [-0.15, -0.1) is 0 Å². The number of hydrogen-bond donors (Lipinski definition) is 3. The van der Waals surface area contributed by atoms with Crippen LogP contribution in [0.5, 0.6) is 0 Å². The summed E-state index contributed by atoms with van der Waals surface area (Å²) in [6.07, 6.45) is 0. The first-order valence-electron chi connectivity index (χ1n) is 5.27. The van der Waals surface area contributed by atoms with Crippen LogP contribution in [0.1, 0.15) is 31.9 Å². The van der Waals surface area contributed by atoms with E-state index in [9.17, 15) is 0 Å². The summed E-state index contributed by atoms with van der Waals surface area (Å²) in [5.41, 5.74) is 3.21. The number of benzene rings is 1. The standard InChI is InChI=1S/C11H15.Na.H3O4P/c1-9-6-5-7-10(8-9)11(2,3)4;;1-5(2,3)4/h5-6,8H,1-4H3;;(H3,1,2,3,4). The molecule has 0 spiro atoms. The maximum absolute atomic E-state index is 8.88. The van der Waals surface area contributed by atoms with Gasteiger partial charge in [-0.2, -0.15) is 0 Å². The number of hydrogen-bond acceptors (Lipinski definition) is 1. The molecule has 0 unspecified atom stereocenters. The van der Waals surface area contributed by atoms with Gasteiger partial charge < -0.3 is 14.7 Å². The zero-order valence-electron chi connectivity index (χ0n) is 10.9. The molecule has 0 aliphatic heterocycles. The van der Waals surface area contributed by atoms with Crippen LogP contribution in [-0.2, 0) is 9.98 Å². The average Bonchev–Trinajstić information content (AvgIpc) is 2.04. The molecule has 0 amide bonds. The molecule has 0 atom stereocenters. The van der Waals surface area contributed by atoms with Crippen molar-refractivity contribution in [3.63, 3.8) is 0 Å². The molecule has 0 saturated carbocycles. The van der Waals surface area contributed by atoms with Crippen molar-refractivity contribution in [2.75, 3.05) is 0 Å². The SMILES string of the molecule is Cc1cc[c]([Na])c(C(C)(C)C)c1.O=P(O)(O)O. The largest absolute Gasteiger partial charge is 0.466 e. The summed E-state index contributed by atoms with van der Waals surface area (Å²) in [6, 6.07) is 6.79. The second-order valence-corrected chi connectivity index (χ2v) is 7.19. The number of aryl methyl sites for hydroxylation is 1. The maximum atomic E-state index is 8.88. The quantitative estimate of drug-likeness (QED) is 0.487. The summed E-state index contributed by atoms with van der Waals surface area (Å²) in [5, 5.41) is 0. The molecule has 0 fully saturated rings. The van der Waals surface area contributed by atoms with Crippen LogP contribution in [0, 0.1) is 6.92 Å². The van der Waals surface area contributed by atoms with Gasteiger partial charge in [0.1, 0.15) is 0 Å². The normalized spacial score (nSPS) is 11.8. The topological polar surface area (TPSA) is 77.8 Å². The van der Waals surface area contributed by atoms with Crippen molar-refractivity contribution in [2.24, 2.45) is 0 Å². The van der Waals surface area contributed by atoms with Crippen molar-refractivity contribution in [3.8, 4) is 0 Å². The second kappa shape index (κ2) is 6.48. The zero-order chi connectivity index (χ0) is 13.9. The van der Waals surface area contributed by atoms with Crippen LogP contribution in [0.25, 0.3) is 0 Å². The van der Waals surface area contributed by atoms with Crippen LogP contribution in [0.3, 0.4) is 0 Å². The molecular weight excluding hydrogens is 250 g/mol. The molecule has 0 bridgehead atoms. The minimum atomic E-state index is -4.64. The molecule has 6 heteroatoms. The Morgan fingerprint density at radius 1 is 1.18 bits per heavy atom. The summed E-state index contributed by atoms with van der Waals surface area (Å²) in [5.74, 6) is 0. The molecule has 3 N–H and O–H groups in total. The van der Waals surface area contributed by atoms with Gasteiger partial charge in [-0.25, -0.2) is 4.57 Å². The van der Waals surface area contributed by atoms with E-state index in [-0.39, 0.29) is 0 Å². The van der Waals surface area contributed by atoms with Gasteiger partial charge in [-0.3, -0.25) is 0 Å². The fraction of sp³-hybridized carbons (Fsp3) is 0.455. The van der Waals surface area contributed by atoms with Gasteiger partial charge in [0.25, 0.3) is 0 Å². The van der Waals surface area contributed by atoms with E-state index in [2.05, 4.69) is 45.9 Å². The molecule has 0 aliphatic carbocycles. The van der Waals surface area contributed by atoms with E-state index in [0.717, 1.165) is 27.9 Å². The number of rotatable bonds is 0. The van der Waals surface area contributed by atoms with E-state index >= 15 is 0 Å². The van der Waals surface area contributed by atoms with Crippen molar-refractivity contribution in [2.45, 2.75) is 33.1 Å². The minimum absolute atomic E-state index is 0.309. The molecule has 0 saturated heterocycles. The summed E-state index contributed by atoms with van der Waals surface area (Å²) < 4.78 is 10.4. The molecule has 0 radical (unpaired) electrons. The Balaban J connectivity index is 0.000000437. The molecule has 1 rings (SSSR count). The Bertz CT molecular complexity index is 412. The Morgan fingerprint density at radius 3 is 1.88 bits per heavy atom. The maximum Gasteiger partial charge on any atom is 0.466 e. The van der Waals surface area contributed by atoms with E-state index in [1.165, 1.54) is 13.9 Å². The smallest absolute Gasteiger partial charge is 0.303 e. The molecule has 0 heterocycles. The van der Waals surface area contributed by atoms with Crippen LogP contribution in [0.15, 0.2) is 18.2 Å². The fourth-order valence-corrected chi connectivity index (χ4v) is 2.60. The first-order valence-corrected chi connectivity index (χ1v) is 7.84. The van der Waals surface area contributed by atoms with Gasteiger partial charge in [-0.1, -0.05) is 0 Å². The zero-order valence-corrected chi connectivity index (χ0v) is 13.8. The van der Waals surface area contributed by atoms with Gasteiger partial charge in [0.15, 0.2) is 0 Å². The summed E-state index contributed by atoms with van der Waals surface area (Å²) in [4.78, 5) is 21.6. The molecule has 17 heavy (non-hydrogen) atoms. The predicted octanol–water partition coefficient (Wildman–Crippen LogP) is 1.16. The molecule has 4 nitrogen and oxygen atoms in total. The van der Waals surface area contributed by atoms with Gasteiger partial charge in [0, 0.05) is 0 Å². The van der Waals surface area contributed by atoms with Crippen molar-refractivity contribution in [1.29, 1.82) is 0 Å². The second-order valence-electron chi connectivity index (χ2n) is 5.08. The predicted molar refractivity (Wildman–Crippen MR) is 69.5 cm³/mol. The van der Waals surface area contributed by atoms with Gasteiger partial charge in [0.2, 0.25) is 0 Å². The van der Waals surface area contributed by atoms with E-state index in [1.54, 1.807) is 0 Å². The van der Waals surface area contributed by atoms with Crippen LogP contribution >= 0.6 is 7.82 Å². The first-order chi connectivity index (χ1) is 7.41. The average molecular weight is 268 g/mol. The first kappa shape index (κ1) is 17.3. The Hall–Kier alpha value is 0.330. The third kappa shape index (κ3) is 8.97. The monoisotopic (exact) mass is 268 g/mol. The fourth-order valence-electron chi connectivity index (χ4n) is 1.54.